The van der Waals surface area contributed by atoms with Crippen LogP contribution in [-0.2, 0) is 16.0 Å². The van der Waals surface area contributed by atoms with Crippen molar-refractivity contribution in [3.63, 3.8) is 0 Å². The fourth-order valence-electron chi connectivity index (χ4n) is 3.52. The van der Waals surface area contributed by atoms with Gasteiger partial charge in [0.25, 0.3) is 0 Å². The summed E-state index contributed by atoms with van der Waals surface area (Å²) in [6, 6.07) is 9.33. The summed E-state index contributed by atoms with van der Waals surface area (Å²) < 4.78 is 6.69. The standard InChI is InChI=1S/C20H25N3O3/c1-13(2)10-16-18-21-15(20(25)26-4)12-23(18)17(19(24)22(16)3)11-14-8-6-5-7-9-14/h5-9,12-13,16-17H,10-11H2,1-4H3/t16-,17-/m0/s1. The molecular formula is C20H25N3O3. The van der Waals surface area contributed by atoms with E-state index in [9.17, 15) is 9.59 Å². The maximum atomic E-state index is 13.1. The van der Waals surface area contributed by atoms with Crippen molar-refractivity contribution < 1.29 is 14.3 Å². The minimum atomic E-state index is -0.483. The number of nitrogens with zero attached hydrogens (tertiary/aromatic N) is 3. The lowest BCUT2D eigenvalue weighted by Gasteiger charge is -2.38. The third kappa shape index (κ3) is 3.36. The number of hydrogen-bond acceptors (Lipinski definition) is 4. The molecule has 1 aromatic carbocycles. The second kappa shape index (κ2) is 7.32. The number of benzene rings is 1. The van der Waals surface area contributed by atoms with E-state index in [0.29, 0.717) is 12.3 Å². The van der Waals surface area contributed by atoms with Crippen LogP contribution in [-0.4, -0.2) is 40.5 Å². The van der Waals surface area contributed by atoms with Gasteiger partial charge < -0.3 is 14.2 Å². The summed E-state index contributed by atoms with van der Waals surface area (Å²) in [6.07, 6.45) is 3.01. The summed E-state index contributed by atoms with van der Waals surface area (Å²) in [5, 5.41) is 0. The van der Waals surface area contributed by atoms with Gasteiger partial charge in [-0.1, -0.05) is 44.2 Å². The number of imidazole rings is 1. The fourth-order valence-corrected chi connectivity index (χ4v) is 3.52. The molecule has 2 aromatic rings. The molecule has 0 aliphatic carbocycles. The first-order valence-electron chi connectivity index (χ1n) is 8.90. The Morgan fingerprint density at radius 3 is 2.54 bits per heavy atom. The minimum absolute atomic E-state index is 0.0424. The van der Waals surface area contributed by atoms with E-state index in [4.69, 9.17) is 4.74 Å². The first-order valence-corrected chi connectivity index (χ1v) is 8.90. The van der Waals surface area contributed by atoms with Gasteiger partial charge in [-0.05, 0) is 17.9 Å². The molecule has 2 heterocycles. The Balaban J connectivity index is 2.04. The van der Waals surface area contributed by atoms with Crippen LogP contribution in [0.4, 0.5) is 0 Å². The predicted octanol–water partition coefficient (Wildman–Crippen LogP) is 3.01. The first kappa shape index (κ1) is 18.2. The molecule has 0 unspecified atom stereocenters. The Labute approximate surface area is 153 Å². The summed E-state index contributed by atoms with van der Waals surface area (Å²) in [5.74, 6) is 0.708. The van der Waals surface area contributed by atoms with E-state index < -0.39 is 12.0 Å². The third-order valence-corrected chi connectivity index (χ3v) is 4.86. The van der Waals surface area contributed by atoms with E-state index in [-0.39, 0.29) is 17.6 Å². The first-order chi connectivity index (χ1) is 12.4. The number of carbonyl (C=O) groups excluding carboxylic acids is 2. The van der Waals surface area contributed by atoms with Crippen molar-refractivity contribution >= 4 is 11.9 Å². The van der Waals surface area contributed by atoms with E-state index in [1.54, 1.807) is 11.1 Å². The molecule has 1 aliphatic rings. The maximum Gasteiger partial charge on any atom is 0.358 e. The summed E-state index contributed by atoms with van der Waals surface area (Å²) >= 11 is 0. The third-order valence-electron chi connectivity index (χ3n) is 4.86. The summed E-state index contributed by atoms with van der Waals surface area (Å²) in [5.41, 5.74) is 1.32. The van der Waals surface area contributed by atoms with E-state index in [1.807, 2.05) is 41.9 Å². The van der Waals surface area contributed by atoms with Crippen molar-refractivity contribution in [2.45, 2.75) is 38.8 Å². The topological polar surface area (TPSA) is 64.4 Å². The van der Waals surface area contributed by atoms with Crippen LogP contribution >= 0.6 is 0 Å². The largest absolute Gasteiger partial charge is 0.464 e. The number of esters is 1. The number of likely N-dealkylation sites (N-methyl/N-ethyl adjacent to an activating group) is 1. The molecule has 2 atom stereocenters. The van der Waals surface area contributed by atoms with Gasteiger partial charge in [0, 0.05) is 19.7 Å². The molecule has 6 nitrogen and oxygen atoms in total. The molecular weight excluding hydrogens is 330 g/mol. The van der Waals surface area contributed by atoms with Gasteiger partial charge in [-0.3, -0.25) is 4.79 Å². The average molecular weight is 355 g/mol. The van der Waals surface area contributed by atoms with E-state index in [0.717, 1.165) is 17.8 Å². The molecule has 0 saturated carbocycles. The molecule has 26 heavy (non-hydrogen) atoms. The number of amides is 1. The summed E-state index contributed by atoms with van der Waals surface area (Å²) in [7, 11) is 3.16. The van der Waals surface area contributed by atoms with E-state index in [1.165, 1.54) is 7.11 Å². The molecule has 0 spiro atoms. The van der Waals surface area contributed by atoms with Crippen molar-refractivity contribution in [2.75, 3.05) is 14.2 Å². The molecule has 0 radical (unpaired) electrons. The number of carbonyl (C=O) groups is 2. The van der Waals surface area contributed by atoms with Crippen molar-refractivity contribution in [3.8, 4) is 0 Å². The molecule has 0 fully saturated rings. The highest BCUT2D eigenvalue weighted by Crippen LogP contribution is 2.36. The van der Waals surface area contributed by atoms with Crippen molar-refractivity contribution in [3.05, 3.63) is 53.6 Å². The Hall–Kier alpha value is -2.63. The van der Waals surface area contributed by atoms with Crippen LogP contribution in [0.15, 0.2) is 36.5 Å². The lowest BCUT2D eigenvalue weighted by Crippen LogP contribution is -2.44. The van der Waals surface area contributed by atoms with E-state index >= 15 is 0 Å². The number of methoxy groups -OCH3 is 1. The molecule has 6 heteroatoms. The fraction of sp³-hybridized carbons (Fsp3) is 0.450. The van der Waals surface area contributed by atoms with E-state index in [2.05, 4.69) is 18.8 Å². The zero-order valence-corrected chi connectivity index (χ0v) is 15.7. The molecule has 0 saturated heterocycles. The average Bonchev–Trinajstić information content (AvgIpc) is 3.07. The van der Waals surface area contributed by atoms with Crippen molar-refractivity contribution in [2.24, 2.45) is 5.92 Å². The van der Waals surface area contributed by atoms with Crippen LogP contribution in [0.3, 0.4) is 0 Å². The highest BCUT2D eigenvalue weighted by molar-refractivity contribution is 5.88. The van der Waals surface area contributed by atoms with Gasteiger partial charge >= 0.3 is 5.97 Å². The Morgan fingerprint density at radius 2 is 1.92 bits per heavy atom. The van der Waals surface area contributed by atoms with Crippen LogP contribution in [0, 0.1) is 5.92 Å². The van der Waals surface area contributed by atoms with Gasteiger partial charge in [0.1, 0.15) is 11.9 Å². The molecule has 3 rings (SSSR count). The predicted molar refractivity (Wildman–Crippen MR) is 97.7 cm³/mol. The zero-order chi connectivity index (χ0) is 18.8. The normalized spacial score (nSPS) is 19.6. The molecule has 138 valence electrons. The SMILES string of the molecule is COC(=O)c1cn2c(n1)[C@H](CC(C)C)N(C)C(=O)[C@@H]2Cc1ccccc1. The number of rotatable bonds is 5. The number of hydrogen-bond donors (Lipinski definition) is 0. The summed E-state index contributed by atoms with van der Waals surface area (Å²) in [6.45, 7) is 4.23. The minimum Gasteiger partial charge on any atom is -0.464 e. The molecule has 1 aromatic heterocycles. The highest BCUT2D eigenvalue weighted by Gasteiger charge is 2.39. The number of fused-ring (bicyclic) bond motifs is 1. The quantitative estimate of drug-likeness (QED) is 0.774. The Morgan fingerprint density at radius 1 is 1.23 bits per heavy atom. The Kier molecular flexibility index (Phi) is 5.11. The monoisotopic (exact) mass is 355 g/mol. The Bertz CT molecular complexity index is 798. The second-order valence-electron chi connectivity index (χ2n) is 7.18. The molecule has 1 aliphatic heterocycles. The van der Waals surface area contributed by atoms with Crippen LogP contribution in [0.25, 0.3) is 0 Å². The van der Waals surface area contributed by atoms with Gasteiger partial charge in [-0.25, -0.2) is 9.78 Å². The molecule has 0 N–H and O–H groups in total. The molecule has 0 bridgehead atoms. The van der Waals surface area contributed by atoms with Crippen LogP contribution in [0.1, 0.15) is 54.2 Å². The van der Waals surface area contributed by atoms with Gasteiger partial charge in [-0.2, -0.15) is 0 Å². The van der Waals surface area contributed by atoms with Gasteiger partial charge in [-0.15, -0.1) is 0 Å². The van der Waals surface area contributed by atoms with Crippen molar-refractivity contribution in [1.29, 1.82) is 0 Å². The maximum absolute atomic E-state index is 13.1. The smallest absolute Gasteiger partial charge is 0.358 e. The van der Waals surface area contributed by atoms with Gasteiger partial charge in [0.2, 0.25) is 5.91 Å². The van der Waals surface area contributed by atoms with Gasteiger partial charge in [0.15, 0.2) is 5.69 Å². The van der Waals surface area contributed by atoms with Crippen LogP contribution < -0.4 is 0 Å². The zero-order valence-electron chi connectivity index (χ0n) is 15.7. The van der Waals surface area contributed by atoms with Gasteiger partial charge in [0.05, 0.1) is 13.2 Å². The van der Waals surface area contributed by atoms with Crippen LogP contribution in [0.5, 0.6) is 0 Å². The summed E-state index contributed by atoms with van der Waals surface area (Å²) in [4.78, 5) is 31.4. The van der Waals surface area contributed by atoms with Crippen molar-refractivity contribution in [1.82, 2.24) is 14.5 Å². The lowest BCUT2D eigenvalue weighted by atomic mass is 9.96. The number of aromatic nitrogens is 2. The van der Waals surface area contributed by atoms with Crippen LogP contribution in [0.2, 0.25) is 0 Å². The second-order valence-corrected chi connectivity index (χ2v) is 7.18. The number of ether oxygens (including phenoxy) is 1. The lowest BCUT2D eigenvalue weighted by molar-refractivity contribution is -0.138. The highest BCUT2D eigenvalue weighted by atomic mass is 16.5. The molecule has 1 amide bonds.